The molecule has 0 amide bonds. The lowest BCUT2D eigenvalue weighted by Crippen LogP contribution is -2.67. The van der Waals surface area contributed by atoms with Crippen LogP contribution in [0, 0.1) is 50.2 Å². The van der Waals surface area contributed by atoms with E-state index < -0.39 is 214 Å². The Morgan fingerprint density at radius 1 is 0.527 bits per heavy atom. The second kappa shape index (κ2) is 27.2. The Labute approximate surface area is 539 Å². The van der Waals surface area contributed by atoms with Crippen molar-refractivity contribution in [1.82, 2.24) is 0 Å². The summed E-state index contributed by atoms with van der Waals surface area (Å²) in [6, 6.07) is 0. The fourth-order valence-electron chi connectivity index (χ4n) is 18.5. The van der Waals surface area contributed by atoms with Gasteiger partial charge in [0.1, 0.15) is 122 Å². The topological polar surface area (TPSA) is 472 Å². The minimum absolute atomic E-state index is 0.0757. The van der Waals surface area contributed by atoms with Crippen LogP contribution in [0.2, 0.25) is 0 Å². The molecule has 30 heteroatoms. The van der Waals surface area contributed by atoms with Crippen molar-refractivity contribution in [2.75, 3.05) is 39.6 Å². The first-order chi connectivity index (χ1) is 43.7. The van der Waals surface area contributed by atoms with Crippen LogP contribution in [0.15, 0.2) is 11.6 Å². The van der Waals surface area contributed by atoms with Crippen molar-refractivity contribution < 1.29 is 148 Å². The Morgan fingerprint density at radius 3 is 1.81 bits per heavy atom. The molecule has 11 rings (SSSR count). The summed E-state index contributed by atoms with van der Waals surface area (Å²) in [4.78, 5) is 15.2. The molecule has 10 fully saturated rings. The van der Waals surface area contributed by atoms with Gasteiger partial charge in [-0.05, 0) is 111 Å². The normalized spacial score (nSPS) is 54.9. The highest BCUT2D eigenvalue weighted by molar-refractivity contribution is 5.79. The monoisotopic (exact) mass is 1340 g/mol. The molecule has 534 valence electrons. The Morgan fingerprint density at radius 2 is 1.12 bits per heavy atom. The average molecular weight is 1340 g/mol. The summed E-state index contributed by atoms with van der Waals surface area (Å²) >= 11 is 0. The second-order valence-electron chi connectivity index (χ2n) is 30.4. The molecule has 0 bridgehead atoms. The number of carbonyl (C=O) groups is 1. The molecule has 4 saturated carbocycles. The van der Waals surface area contributed by atoms with Gasteiger partial charge < -0.3 is 144 Å². The van der Waals surface area contributed by atoms with Crippen LogP contribution in [0.4, 0.5) is 0 Å². The van der Waals surface area contributed by atoms with Gasteiger partial charge in [-0.2, -0.15) is 0 Å². The third-order valence-electron chi connectivity index (χ3n) is 24.6. The van der Waals surface area contributed by atoms with Crippen LogP contribution < -0.4 is 0 Å². The van der Waals surface area contributed by atoms with Gasteiger partial charge in [0.25, 0.3) is 0 Å². The van der Waals surface area contributed by atoms with E-state index in [1.165, 1.54) is 12.5 Å². The van der Waals surface area contributed by atoms with E-state index in [2.05, 4.69) is 40.7 Å². The first-order valence-electron chi connectivity index (χ1n) is 33.1. The zero-order valence-electron chi connectivity index (χ0n) is 53.7. The van der Waals surface area contributed by atoms with E-state index in [9.17, 15) is 86.8 Å². The molecule has 0 spiro atoms. The van der Waals surface area contributed by atoms with E-state index in [1.54, 1.807) is 0 Å². The summed E-state index contributed by atoms with van der Waals surface area (Å²) < 4.78 is 70.9. The summed E-state index contributed by atoms with van der Waals surface area (Å²) in [7, 11) is 0. The van der Waals surface area contributed by atoms with Crippen LogP contribution in [0.5, 0.6) is 0 Å². The molecule has 0 aromatic heterocycles. The molecular weight excluding hydrogens is 1240 g/mol. The van der Waals surface area contributed by atoms with Gasteiger partial charge in [0.2, 0.25) is 6.29 Å². The quantitative estimate of drug-likeness (QED) is 0.0418. The lowest BCUT2D eigenvalue weighted by molar-refractivity contribution is -0.382. The number of fused-ring (bicyclic) bond motifs is 7. The van der Waals surface area contributed by atoms with Crippen molar-refractivity contribution in [3.63, 3.8) is 0 Å². The largest absolute Gasteiger partial charge is 0.432 e. The Balaban J connectivity index is 0.769. The zero-order chi connectivity index (χ0) is 67.6. The number of aliphatic hydroxyl groups excluding tert-OH is 17. The highest BCUT2D eigenvalue weighted by atomic mass is 16.8. The number of allylic oxidation sites excluding steroid dienone is 2. The lowest BCUT2D eigenvalue weighted by atomic mass is 9.33. The van der Waals surface area contributed by atoms with E-state index in [4.69, 9.17) is 56.8 Å². The lowest BCUT2D eigenvalue weighted by Gasteiger charge is -2.71. The number of hydrogen-bond donors (Lipinski definition) is 17. The van der Waals surface area contributed by atoms with Crippen molar-refractivity contribution in [3.8, 4) is 0 Å². The van der Waals surface area contributed by atoms with E-state index >= 15 is 4.79 Å². The molecule has 17 N–H and O–H groups in total. The molecule has 0 aromatic rings. The maximum Gasteiger partial charge on any atom is 0.315 e. The van der Waals surface area contributed by atoms with Gasteiger partial charge in [0, 0.05) is 5.41 Å². The first kappa shape index (κ1) is 72.3. The molecule has 11 aliphatic rings. The molecule has 6 heterocycles. The standard InChI is InChI=1S/C63H102O30/c1-25-36(68)49(91-53-45(77)41(73)32(23-85-53)88-51-44(76)37(69)28(66)20-82-51)48(80)55(86-25)92-50-38(70)29(67)21-83-56(50)90-35-11-12-59(4)33(60(35,5)24-65)10-13-62(7)34(59)9-8-26-27-18-58(2,3)14-16-63(27,17-15-61(26,62)6)57(81)93-54-47(79)43(75)40(72)31(89-54)22-84-52-46(78)42(74)39(71)30(19-64)87-52/h8,25,27-56,64-80H,9-24H2,1-7H3. The maximum atomic E-state index is 15.2. The first-order valence-corrected chi connectivity index (χ1v) is 33.1. The highest BCUT2D eigenvalue weighted by Crippen LogP contribution is 2.76. The second-order valence-corrected chi connectivity index (χ2v) is 30.4. The number of carbonyl (C=O) groups excluding carboxylic acids is 1. The number of esters is 1. The molecule has 30 nitrogen and oxygen atoms in total. The Kier molecular flexibility index (Phi) is 21.2. The molecule has 36 unspecified atom stereocenters. The number of hydrogen-bond acceptors (Lipinski definition) is 30. The third-order valence-corrected chi connectivity index (χ3v) is 24.6. The molecular formula is C63H102O30. The van der Waals surface area contributed by atoms with Crippen molar-refractivity contribution >= 4 is 5.97 Å². The van der Waals surface area contributed by atoms with Crippen molar-refractivity contribution in [1.29, 1.82) is 0 Å². The summed E-state index contributed by atoms with van der Waals surface area (Å²) in [6.45, 7) is 11.9. The van der Waals surface area contributed by atoms with Gasteiger partial charge in [0.05, 0.1) is 57.3 Å². The predicted molar refractivity (Wildman–Crippen MR) is 310 cm³/mol. The SMILES string of the molecule is CC1OC(OC2C(OC3CCC4(C)C(CCC5(C)C4CC=C4C6CC(C)(C)CCC6(C(=O)OC6OC(COC7OC(CO)C(O)C(O)C7O)C(O)C(O)C6O)CCC45C)C3(C)CO)OCC(O)C2O)C(O)C(OC2OCC(OC3OCC(O)C(O)C3O)C(O)C2O)C1O. The fraction of sp³-hybridized carbons (Fsp3) is 0.952. The van der Waals surface area contributed by atoms with Crippen LogP contribution in [0.3, 0.4) is 0 Å². The zero-order valence-corrected chi connectivity index (χ0v) is 53.7. The maximum absolute atomic E-state index is 15.2. The van der Waals surface area contributed by atoms with Gasteiger partial charge in [-0.1, -0.05) is 53.2 Å². The van der Waals surface area contributed by atoms with Crippen LogP contribution in [-0.2, 0) is 61.6 Å². The molecule has 6 aliphatic heterocycles. The predicted octanol–water partition coefficient (Wildman–Crippen LogP) is -4.47. The minimum Gasteiger partial charge on any atom is -0.432 e. The van der Waals surface area contributed by atoms with Gasteiger partial charge in [-0.15, -0.1) is 0 Å². The third kappa shape index (κ3) is 12.5. The van der Waals surface area contributed by atoms with Crippen LogP contribution in [0.1, 0.15) is 113 Å². The van der Waals surface area contributed by atoms with Crippen LogP contribution in [0.25, 0.3) is 0 Å². The van der Waals surface area contributed by atoms with E-state index in [0.717, 1.165) is 6.42 Å². The smallest absolute Gasteiger partial charge is 0.315 e. The van der Waals surface area contributed by atoms with E-state index in [0.29, 0.717) is 57.8 Å². The molecule has 0 radical (unpaired) electrons. The molecule has 6 saturated heterocycles. The summed E-state index contributed by atoms with van der Waals surface area (Å²) in [5.41, 5.74) is -2.16. The summed E-state index contributed by atoms with van der Waals surface area (Å²) in [5.74, 6) is -0.972. The van der Waals surface area contributed by atoms with Crippen molar-refractivity contribution in [2.24, 2.45) is 50.2 Å². The van der Waals surface area contributed by atoms with Crippen LogP contribution in [-0.4, -0.2) is 304 Å². The number of rotatable bonds is 15. The van der Waals surface area contributed by atoms with E-state index in [1.807, 2.05) is 6.92 Å². The minimum atomic E-state index is -1.88. The number of ether oxygens (including phenoxy) is 12. The van der Waals surface area contributed by atoms with Crippen molar-refractivity contribution in [2.45, 2.75) is 285 Å². The Hall–Kier alpha value is -1.91. The van der Waals surface area contributed by atoms with Gasteiger partial charge in [0.15, 0.2) is 31.5 Å². The van der Waals surface area contributed by atoms with Gasteiger partial charge in [-0.25, -0.2) is 0 Å². The molecule has 0 aromatic carbocycles. The van der Waals surface area contributed by atoms with Gasteiger partial charge in [-0.3, -0.25) is 4.79 Å². The molecule has 93 heavy (non-hydrogen) atoms. The van der Waals surface area contributed by atoms with E-state index in [-0.39, 0.29) is 53.8 Å². The van der Waals surface area contributed by atoms with Crippen LogP contribution >= 0.6 is 0 Å². The fourth-order valence-corrected chi connectivity index (χ4v) is 18.5. The van der Waals surface area contributed by atoms with Gasteiger partial charge >= 0.3 is 5.97 Å². The summed E-state index contributed by atoms with van der Waals surface area (Å²) in [6.07, 6.45) is -36.1. The highest BCUT2D eigenvalue weighted by Gasteiger charge is 2.71. The molecule has 5 aliphatic carbocycles. The Bertz CT molecular complexity index is 2610. The molecule has 36 atom stereocenters. The number of aliphatic hydroxyl groups is 17. The van der Waals surface area contributed by atoms with Crippen molar-refractivity contribution in [3.05, 3.63) is 11.6 Å². The average Bonchev–Trinajstić information content (AvgIpc) is 0.676. The summed E-state index contributed by atoms with van der Waals surface area (Å²) in [5, 5.41) is 184.